The van der Waals surface area contributed by atoms with Gasteiger partial charge in [0.15, 0.2) is 0 Å². The van der Waals surface area contributed by atoms with Crippen LogP contribution in [0.4, 0.5) is 0 Å². The Morgan fingerprint density at radius 3 is 2.00 bits per heavy atom. The Morgan fingerprint density at radius 2 is 1.89 bits per heavy atom. The van der Waals surface area contributed by atoms with E-state index in [2.05, 4.69) is 0 Å². The van der Waals surface area contributed by atoms with Crippen molar-refractivity contribution in [3.8, 4) is 0 Å². The molecule has 1 atom stereocenters. The van der Waals surface area contributed by atoms with Gasteiger partial charge in [0, 0.05) is 0 Å². The van der Waals surface area contributed by atoms with Crippen LogP contribution >= 0.6 is 0 Å². The van der Waals surface area contributed by atoms with Crippen molar-refractivity contribution in [2.24, 2.45) is 11.8 Å². The van der Waals surface area contributed by atoms with Gasteiger partial charge in [-0.1, -0.05) is 20.8 Å². The average molecular weight is 130 g/mol. The van der Waals surface area contributed by atoms with E-state index >= 15 is 0 Å². The largest absolute Gasteiger partial charge is 0.481 e. The van der Waals surface area contributed by atoms with Gasteiger partial charge in [-0.05, 0) is 12.3 Å². The van der Waals surface area contributed by atoms with Crippen LogP contribution in [0.5, 0.6) is 0 Å². The molecule has 0 heterocycles. The second kappa shape index (κ2) is 3.49. The van der Waals surface area contributed by atoms with Gasteiger partial charge in [-0.3, -0.25) is 4.79 Å². The van der Waals surface area contributed by atoms with Crippen molar-refractivity contribution in [3.63, 3.8) is 0 Å². The molecule has 0 aliphatic rings. The quantitative estimate of drug-likeness (QED) is 0.632. The molecule has 0 aliphatic heterocycles. The van der Waals surface area contributed by atoms with Crippen LogP contribution in [0, 0.1) is 11.8 Å². The van der Waals surface area contributed by atoms with Gasteiger partial charge in [0.2, 0.25) is 0 Å². The summed E-state index contributed by atoms with van der Waals surface area (Å²) in [6, 6.07) is 0. The molecule has 0 saturated heterocycles. The molecule has 0 aromatic heterocycles. The van der Waals surface area contributed by atoms with Crippen LogP contribution in [0.2, 0.25) is 0 Å². The highest BCUT2D eigenvalue weighted by Crippen LogP contribution is 2.09. The number of carboxylic acid groups (broad SMARTS) is 1. The van der Waals surface area contributed by atoms with E-state index in [9.17, 15) is 4.79 Å². The third kappa shape index (κ3) is 4.01. The number of rotatable bonds is 3. The van der Waals surface area contributed by atoms with Crippen LogP contribution in [0.25, 0.3) is 0 Å². The summed E-state index contributed by atoms with van der Waals surface area (Å²) in [5.74, 6) is -0.398. The molecule has 2 heteroatoms. The molecule has 0 rings (SSSR count). The van der Waals surface area contributed by atoms with Crippen molar-refractivity contribution in [3.05, 3.63) is 0 Å². The first-order valence-corrected chi connectivity index (χ1v) is 3.26. The lowest BCUT2D eigenvalue weighted by molar-refractivity contribution is -0.141. The summed E-state index contributed by atoms with van der Waals surface area (Å²) in [5, 5.41) is 8.43. The van der Waals surface area contributed by atoms with E-state index in [0.717, 1.165) is 6.42 Å². The first-order chi connectivity index (χ1) is 4.04. The molecule has 0 bridgehead atoms. The summed E-state index contributed by atoms with van der Waals surface area (Å²) in [7, 11) is 0. The fraction of sp³-hybridized carbons (Fsp3) is 0.857. The first kappa shape index (κ1) is 8.47. The fourth-order valence-corrected chi connectivity index (χ4v) is 0.808. The fourth-order valence-electron chi connectivity index (χ4n) is 0.808. The van der Waals surface area contributed by atoms with E-state index in [0.29, 0.717) is 5.92 Å². The molecule has 0 aromatic rings. The number of aliphatic carboxylic acids is 1. The van der Waals surface area contributed by atoms with E-state index in [1.807, 2.05) is 13.8 Å². The molecule has 1 N–H and O–H groups in total. The van der Waals surface area contributed by atoms with Crippen molar-refractivity contribution in [1.29, 1.82) is 0 Å². The summed E-state index contributed by atoms with van der Waals surface area (Å²) in [6.45, 7) is 5.79. The Balaban J connectivity index is 3.50. The lowest BCUT2D eigenvalue weighted by Crippen LogP contribution is -2.11. The van der Waals surface area contributed by atoms with E-state index in [1.165, 1.54) is 0 Å². The van der Waals surface area contributed by atoms with Crippen molar-refractivity contribution in [2.45, 2.75) is 27.2 Å². The van der Waals surface area contributed by atoms with Gasteiger partial charge in [-0.25, -0.2) is 0 Å². The lowest BCUT2D eigenvalue weighted by Gasteiger charge is -2.07. The molecule has 0 amide bonds. The van der Waals surface area contributed by atoms with Crippen LogP contribution in [-0.4, -0.2) is 11.1 Å². The minimum Gasteiger partial charge on any atom is -0.481 e. The summed E-state index contributed by atoms with van der Waals surface area (Å²) >= 11 is 0. The SMILES string of the molecule is CC(C)C[C@@H](C)C(=O)O. The Kier molecular flexibility index (Phi) is 3.28. The molecular weight excluding hydrogens is 116 g/mol. The summed E-state index contributed by atoms with van der Waals surface area (Å²) in [5.41, 5.74) is 0. The standard InChI is InChI=1S/C7H14O2/c1-5(2)4-6(3)7(8)9/h5-6H,4H2,1-3H3,(H,8,9)/t6-/m1/s1. The molecule has 0 radical (unpaired) electrons. The maximum absolute atomic E-state index is 10.2. The highest BCUT2D eigenvalue weighted by molar-refractivity contribution is 5.69. The Morgan fingerprint density at radius 1 is 1.44 bits per heavy atom. The van der Waals surface area contributed by atoms with Crippen molar-refractivity contribution in [2.75, 3.05) is 0 Å². The zero-order valence-corrected chi connectivity index (χ0v) is 6.22. The van der Waals surface area contributed by atoms with Crippen molar-refractivity contribution >= 4 is 5.97 Å². The maximum Gasteiger partial charge on any atom is 0.306 e. The highest BCUT2D eigenvalue weighted by Gasteiger charge is 2.11. The predicted molar refractivity (Wildman–Crippen MR) is 36.3 cm³/mol. The molecule has 0 aromatic carbocycles. The van der Waals surface area contributed by atoms with E-state index in [4.69, 9.17) is 5.11 Å². The Bertz CT molecular complexity index is 97.1. The topological polar surface area (TPSA) is 37.3 Å². The normalized spacial score (nSPS) is 13.8. The van der Waals surface area contributed by atoms with E-state index < -0.39 is 5.97 Å². The van der Waals surface area contributed by atoms with Crippen molar-refractivity contribution in [1.82, 2.24) is 0 Å². The van der Waals surface area contributed by atoms with Crippen LogP contribution < -0.4 is 0 Å². The summed E-state index contributed by atoms with van der Waals surface area (Å²) in [4.78, 5) is 10.2. The number of hydrogen-bond donors (Lipinski definition) is 1. The van der Waals surface area contributed by atoms with Gasteiger partial charge >= 0.3 is 5.97 Å². The smallest absolute Gasteiger partial charge is 0.306 e. The monoisotopic (exact) mass is 130 g/mol. The Hall–Kier alpha value is -0.530. The Labute approximate surface area is 55.9 Å². The number of hydrogen-bond acceptors (Lipinski definition) is 1. The van der Waals surface area contributed by atoms with Crippen LogP contribution in [0.15, 0.2) is 0 Å². The van der Waals surface area contributed by atoms with E-state index in [-0.39, 0.29) is 5.92 Å². The number of carbonyl (C=O) groups is 1. The summed E-state index contributed by atoms with van der Waals surface area (Å²) in [6.07, 6.45) is 0.773. The molecule has 0 unspecified atom stereocenters. The molecule has 2 nitrogen and oxygen atoms in total. The third-order valence-electron chi connectivity index (χ3n) is 1.25. The van der Waals surface area contributed by atoms with Gasteiger partial charge in [0.1, 0.15) is 0 Å². The van der Waals surface area contributed by atoms with Gasteiger partial charge in [0.25, 0.3) is 0 Å². The van der Waals surface area contributed by atoms with Crippen LogP contribution in [0.1, 0.15) is 27.2 Å². The zero-order valence-electron chi connectivity index (χ0n) is 6.22. The zero-order chi connectivity index (χ0) is 7.44. The second-order valence-electron chi connectivity index (χ2n) is 2.87. The lowest BCUT2D eigenvalue weighted by atomic mass is 9.99. The first-order valence-electron chi connectivity index (χ1n) is 3.26. The minimum atomic E-state index is -0.691. The van der Waals surface area contributed by atoms with Crippen LogP contribution in [0.3, 0.4) is 0 Å². The molecular formula is C7H14O2. The molecule has 54 valence electrons. The average Bonchev–Trinajstić information content (AvgIpc) is 1.63. The van der Waals surface area contributed by atoms with Gasteiger partial charge in [-0.2, -0.15) is 0 Å². The third-order valence-corrected chi connectivity index (χ3v) is 1.25. The number of carboxylic acids is 1. The highest BCUT2D eigenvalue weighted by atomic mass is 16.4. The van der Waals surface area contributed by atoms with E-state index in [1.54, 1.807) is 6.92 Å². The molecule has 9 heavy (non-hydrogen) atoms. The predicted octanol–water partition coefficient (Wildman–Crippen LogP) is 1.75. The second-order valence-corrected chi connectivity index (χ2v) is 2.87. The van der Waals surface area contributed by atoms with Gasteiger partial charge in [-0.15, -0.1) is 0 Å². The molecule has 0 aliphatic carbocycles. The van der Waals surface area contributed by atoms with Crippen molar-refractivity contribution < 1.29 is 9.90 Å². The van der Waals surface area contributed by atoms with Gasteiger partial charge in [0.05, 0.1) is 5.92 Å². The summed E-state index contributed by atoms with van der Waals surface area (Å²) < 4.78 is 0. The maximum atomic E-state index is 10.2. The molecule has 0 fully saturated rings. The molecule has 0 spiro atoms. The molecule has 0 saturated carbocycles. The van der Waals surface area contributed by atoms with Crippen LogP contribution in [-0.2, 0) is 4.79 Å². The minimum absolute atomic E-state index is 0.190. The van der Waals surface area contributed by atoms with Gasteiger partial charge < -0.3 is 5.11 Å².